The Hall–Kier alpha value is -1.66. The molecule has 7 heteroatoms. The van der Waals surface area contributed by atoms with E-state index in [0.717, 1.165) is 37.0 Å². The van der Waals surface area contributed by atoms with E-state index in [1.807, 2.05) is 10.7 Å². The fourth-order valence-corrected chi connectivity index (χ4v) is 4.07. The third kappa shape index (κ3) is 4.27. The normalized spacial score (nSPS) is 17.6. The van der Waals surface area contributed by atoms with Gasteiger partial charge in [0.2, 0.25) is 0 Å². The molecule has 1 aliphatic rings. The highest BCUT2D eigenvalue weighted by Crippen LogP contribution is 2.32. The Bertz CT molecular complexity index is 771. The minimum absolute atomic E-state index is 0.133. The van der Waals surface area contributed by atoms with Crippen LogP contribution in [0.5, 0.6) is 0 Å². The summed E-state index contributed by atoms with van der Waals surface area (Å²) in [5, 5.41) is 13.5. The van der Waals surface area contributed by atoms with Crippen molar-refractivity contribution in [1.29, 1.82) is 0 Å². The topological polar surface area (TPSA) is 50.1 Å². The molecule has 1 atom stereocenters. The van der Waals surface area contributed by atoms with E-state index in [0.29, 0.717) is 5.92 Å². The number of aryl methyl sites for hydroxylation is 1. The average molecular weight is 391 g/mol. The summed E-state index contributed by atoms with van der Waals surface area (Å²) >= 11 is 6.22. The van der Waals surface area contributed by atoms with Crippen LogP contribution in [-0.4, -0.2) is 51.3 Å². The van der Waals surface area contributed by atoms with Gasteiger partial charge in [-0.2, -0.15) is 0 Å². The monoisotopic (exact) mass is 390 g/mol. The molecule has 1 aromatic carbocycles. The third-order valence-corrected chi connectivity index (χ3v) is 5.48. The molecule has 6 nitrogen and oxygen atoms in total. The van der Waals surface area contributed by atoms with Gasteiger partial charge in [0.15, 0.2) is 5.82 Å². The molecule has 2 heterocycles. The zero-order valence-electron chi connectivity index (χ0n) is 17.3. The number of hydrogen-bond acceptors (Lipinski definition) is 5. The molecule has 0 aliphatic carbocycles. The summed E-state index contributed by atoms with van der Waals surface area (Å²) in [5.74, 6) is 1.39. The summed E-state index contributed by atoms with van der Waals surface area (Å²) < 4.78 is 1.98. The van der Waals surface area contributed by atoms with Crippen LogP contribution in [0.3, 0.4) is 0 Å². The van der Waals surface area contributed by atoms with Crippen molar-refractivity contribution in [3.63, 3.8) is 0 Å². The maximum absolute atomic E-state index is 6.22. The first kappa shape index (κ1) is 20.1. The van der Waals surface area contributed by atoms with Gasteiger partial charge >= 0.3 is 0 Å². The van der Waals surface area contributed by atoms with Crippen LogP contribution in [-0.2, 0) is 5.54 Å². The van der Waals surface area contributed by atoms with Crippen molar-refractivity contribution >= 4 is 17.3 Å². The number of aromatic nitrogens is 4. The first-order valence-corrected chi connectivity index (χ1v) is 10.1. The molecule has 2 aromatic rings. The molecule has 148 valence electrons. The summed E-state index contributed by atoms with van der Waals surface area (Å²) in [6.45, 7) is 17.0. The Morgan fingerprint density at radius 2 is 1.74 bits per heavy atom. The first-order valence-electron chi connectivity index (χ1n) is 9.72. The molecule has 0 spiro atoms. The van der Waals surface area contributed by atoms with Crippen LogP contribution in [0.4, 0.5) is 5.69 Å². The van der Waals surface area contributed by atoms with Crippen LogP contribution >= 0.6 is 11.6 Å². The van der Waals surface area contributed by atoms with Crippen molar-refractivity contribution in [3.8, 4) is 0 Å². The Morgan fingerprint density at radius 1 is 1.07 bits per heavy atom. The molecule has 1 fully saturated rings. The van der Waals surface area contributed by atoms with Gasteiger partial charge in [-0.25, -0.2) is 4.68 Å². The van der Waals surface area contributed by atoms with E-state index in [1.165, 1.54) is 11.3 Å². The van der Waals surface area contributed by atoms with Crippen molar-refractivity contribution in [2.45, 2.75) is 53.1 Å². The Labute approximate surface area is 167 Å². The van der Waals surface area contributed by atoms with Crippen LogP contribution < -0.4 is 4.90 Å². The molecule has 0 unspecified atom stereocenters. The molecule has 0 amide bonds. The lowest BCUT2D eigenvalue weighted by molar-refractivity contribution is 0.128. The van der Waals surface area contributed by atoms with Gasteiger partial charge in [-0.3, -0.25) is 4.90 Å². The Morgan fingerprint density at radius 3 is 2.33 bits per heavy atom. The van der Waals surface area contributed by atoms with Gasteiger partial charge in [0.05, 0.1) is 11.6 Å². The maximum Gasteiger partial charge on any atom is 0.169 e. The molecule has 1 aliphatic heterocycles. The second-order valence-electron chi connectivity index (χ2n) is 8.76. The molecule has 1 aromatic heterocycles. The smallest absolute Gasteiger partial charge is 0.169 e. The third-order valence-electron chi connectivity index (χ3n) is 5.24. The Balaban J connectivity index is 1.79. The fourth-order valence-electron chi connectivity index (χ4n) is 3.90. The molecule has 0 radical (unpaired) electrons. The van der Waals surface area contributed by atoms with E-state index in [2.05, 4.69) is 79.0 Å². The molecular formula is C20H31ClN6. The molecule has 27 heavy (non-hydrogen) atoms. The quantitative estimate of drug-likeness (QED) is 0.792. The van der Waals surface area contributed by atoms with Crippen LogP contribution in [0.15, 0.2) is 18.2 Å². The standard InChI is InChI=1S/C20H31ClN6/c1-14(2)18(19-22-23-24-27(19)20(4,5)6)26-11-9-25(10-12-26)17-13-16(21)8-7-15(17)3/h7-8,13-14,18H,9-12H2,1-6H3/t18-/m0/s1. The number of benzene rings is 1. The van der Waals surface area contributed by atoms with Gasteiger partial charge in [-0.15, -0.1) is 5.10 Å². The van der Waals surface area contributed by atoms with Crippen molar-refractivity contribution in [3.05, 3.63) is 34.6 Å². The molecule has 0 N–H and O–H groups in total. The number of piperazine rings is 1. The predicted molar refractivity (Wildman–Crippen MR) is 110 cm³/mol. The van der Waals surface area contributed by atoms with Gasteiger partial charge in [-0.1, -0.05) is 31.5 Å². The lowest BCUT2D eigenvalue weighted by atomic mass is 9.99. The van der Waals surface area contributed by atoms with Gasteiger partial charge < -0.3 is 4.90 Å². The van der Waals surface area contributed by atoms with Crippen LogP contribution in [0.25, 0.3) is 0 Å². The summed E-state index contributed by atoms with van der Waals surface area (Å²) in [6, 6.07) is 6.34. The Kier molecular flexibility index (Phi) is 5.77. The molecular weight excluding hydrogens is 360 g/mol. The first-order chi connectivity index (χ1) is 12.7. The van der Waals surface area contributed by atoms with Crippen LogP contribution in [0.1, 0.15) is 52.0 Å². The van der Waals surface area contributed by atoms with Crippen molar-refractivity contribution in [2.75, 3.05) is 31.1 Å². The van der Waals surface area contributed by atoms with E-state index in [9.17, 15) is 0 Å². The van der Waals surface area contributed by atoms with Gasteiger partial charge in [-0.05, 0) is 61.7 Å². The summed E-state index contributed by atoms with van der Waals surface area (Å²) in [7, 11) is 0. The van der Waals surface area contributed by atoms with Gasteiger partial charge in [0.25, 0.3) is 0 Å². The second kappa shape index (κ2) is 7.76. The number of hydrogen-bond donors (Lipinski definition) is 0. The highest BCUT2D eigenvalue weighted by Gasteiger charge is 2.34. The number of tetrazole rings is 1. The van der Waals surface area contributed by atoms with E-state index in [4.69, 9.17) is 11.6 Å². The molecule has 3 rings (SSSR count). The van der Waals surface area contributed by atoms with Crippen molar-refractivity contribution < 1.29 is 0 Å². The molecule has 0 bridgehead atoms. The summed E-state index contributed by atoms with van der Waals surface area (Å²) in [5.41, 5.74) is 2.37. The minimum atomic E-state index is -0.133. The number of anilines is 1. The van der Waals surface area contributed by atoms with E-state index in [1.54, 1.807) is 0 Å². The van der Waals surface area contributed by atoms with Crippen molar-refractivity contribution in [1.82, 2.24) is 25.1 Å². The van der Waals surface area contributed by atoms with Crippen LogP contribution in [0, 0.1) is 12.8 Å². The average Bonchev–Trinajstić information content (AvgIpc) is 3.07. The second-order valence-corrected chi connectivity index (χ2v) is 9.20. The van der Waals surface area contributed by atoms with Gasteiger partial charge in [0.1, 0.15) is 0 Å². The van der Waals surface area contributed by atoms with E-state index >= 15 is 0 Å². The lowest BCUT2D eigenvalue weighted by Gasteiger charge is -2.42. The van der Waals surface area contributed by atoms with E-state index < -0.39 is 0 Å². The zero-order chi connectivity index (χ0) is 19.8. The number of halogens is 1. The fraction of sp³-hybridized carbons (Fsp3) is 0.650. The van der Waals surface area contributed by atoms with Crippen molar-refractivity contribution in [2.24, 2.45) is 5.92 Å². The predicted octanol–water partition coefficient (Wildman–Crippen LogP) is 3.91. The number of nitrogens with zero attached hydrogens (tertiary/aromatic N) is 6. The SMILES string of the molecule is Cc1ccc(Cl)cc1N1CCN([C@H](c2nnnn2C(C)(C)C)C(C)C)CC1. The highest BCUT2D eigenvalue weighted by molar-refractivity contribution is 6.30. The van der Waals surface area contributed by atoms with Crippen LogP contribution in [0.2, 0.25) is 5.02 Å². The number of rotatable bonds is 4. The van der Waals surface area contributed by atoms with E-state index in [-0.39, 0.29) is 11.6 Å². The lowest BCUT2D eigenvalue weighted by Crippen LogP contribution is -2.49. The summed E-state index contributed by atoms with van der Waals surface area (Å²) in [4.78, 5) is 4.96. The van der Waals surface area contributed by atoms with Gasteiger partial charge in [0, 0.05) is 36.9 Å². The largest absolute Gasteiger partial charge is 0.369 e. The molecule has 0 saturated carbocycles. The minimum Gasteiger partial charge on any atom is -0.369 e. The maximum atomic E-state index is 6.22. The molecule has 1 saturated heterocycles. The highest BCUT2D eigenvalue weighted by atomic mass is 35.5. The zero-order valence-corrected chi connectivity index (χ0v) is 18.0. The summed E-state index contributed by atoms with van der Waals surface area (Å²) in [6.07, 6.45) is 0.